The Morgan fingerprint density at radius 1 is 1.39 bits per heavy atom. The van der Waals surface area contributed by atoms with E-state index in [9.17, 15) is 4.79 Å². The van der Waals surface area contributed by atoms with Gasteiger partial charge in [-0.25, -0.2) is 0 Å². The Labute approximate surface area is 114 Å². The van der Waals surface area contributed by atoms with Gasteiger partial charge in [-0.15, -0.1) is 0 Å². The SMILES string of the molecule is O=c1c2ccccc2[nH]c(=S)n1C1CCCSC1. The van der Waals surface area contributed by atoms with E-state index < -0.39 is 0 Å². The van der Waals surface area contributed by atoms with Gasteiger partial charge < -0.3 is 4.98 Å². The number of nitrogens with zero attached hydrogens (tertiary/aromatic N) is 1. The van der Waals surface area contributed by atoms with Crippen LogP contribution >= 0.6 is 24.0 Å². The van der Waals surface area contributed by atoms with E-state index >= 15 is 0 Å². The van der Waals surface area contributed by atoms with Crippen molar-refractivity contribution in [2.45, 2.75) is 18.9 Å². The second kappa shape index (κ2) is 4.90. The number of aromatic amines is 1. The van der Waals surface area contributed by atoms with E-state index in [0.717, 1.165) is 29.5 Å². The standard InChI is InChI=1S/C13H14N2OS2/c16-12-10-5-1-2-6-11(10)14-13(17)15(12)9-4-3-7-18-8-9/h1-2,5-6,9H,3-4,7-8H2,(H,14,17). The number of benzene rings is 1. The molecule has 1 aliphatic heterocycles. The summed E-state index contributed by atoms with van der Waals surface area (Å²) in [6, 6.07) is 7.79. The Kier molecular flexibility index (Phi) is 3.26. The number of hydrogen-bond donors (Lipinski definition) is 1. The number of fused-ring (bicyclic) bond motifs is 1. The zero-order chi connectivity index (χ0) is 12.5. The fourth-order valence-corrected chi connectivity index (χ4v) is 3.90. The van der Waals surface area contributed by atoms with Crippen LogP contribution in [0, 0.1) is 4.77 Å². The molecule has 18 heavy (non-hydrogen) atoms. The minimum Gasteiger partial charge on any atom is -0.332 e. The van der Waals surface area contributed by atoms with Crippen molar-refractivity contribution in [1.82, 2.24) is 9.55 Å². The summed E-state index contributed by atoms with van der Waals surface area (Å²) in [4.78, 5) is 15.7. The topological polar surface area (TPSA) is 37.8 Å². The van der Waals surface area contributed by atoms with E-state index in [1.54, 1.807) is 4.57 Å². The van der Waals surface area contributed by atoms with Gasteiger partial charge in [0.15, 0.2) is 4.77 Å². The summed E-state index contributed by atoms with van der Waals surface area (Å²) in [6.07, 6.45) is 2.20. The first-order valence-electron chi connectivity index (χ1n) is 6.08. The quantitative estimate of drug-likeness (QED) is 0.814. The molecule has 94 valence electrons. The van der Waals surface area contributed by atoms with Gasteiger partial charge in [-0.1, -0.05) is 12.1 Å². The smallest absolute Gasteiger partial charge is 0.262 e. The van der Waals surface area contributed by atoms with Gasteiger partial charge in [0.2, 0.25) is 0 Å². The molecule has 1 aliphatic rings. The third-order valence-electron chi connectivity index (χ3n) is 3.34. The molecule has 1 saturated heterocycles. The van der Waals surface area contributed by atoms with Crippen LogP contribution in [0.15, 0.2) is 29.1 Å². The van der Waals surface area contributed by atoms with Crippen LogP contribution in [0.25, 0.3) is 10.9 Å². The Morgan fingerprint density at radius 3 is 3.00 bits per heavy atom. The van der Waals surface area contributed by atoms with Crippen molar-refractivity contribution < 1.29 is 0 Å². The van der Waals surface area contributed by atoms with Gasteiger partial charge in [0.25, 0.3) is 5.56 Å². The first-order chi connectivity index (χ1) is 8.77. The molecule has 0 saturated carbocycles. The maximum Gasteiger partial charge on any atom is 0.262 e. The molecule has 3 nitrogen and oxygen atoms in total. The highest BCUT2D eigenvalue weighted by Gasteiger charge is 2.18. The van der Waals surface area contributed by atoms with Crippen molar-refractivity contribution in [3.63, 3.8) is 0 Å². The predicted octanol–water partition coefficient (Wildman–Crippen LogP) is 3.13. The summed E-state index contributed by atoms with van der Waals surface area (Å²) in [5.41, 5.74) is 0.870. The van der Waals surface area contributed by atoms with Gasteiger partial charge in [-0.05, 0) is 42.9 Å². The summed E-state index contributed by atoms with van der Waals surface area (Å²) < 4.78 is 2.32. The minimum absolute atomic E-state index is 0.0434. The van der Waals surface area contributed by atoms with Crippen LogP contribution in [0.3, 0.4) is 0 Å². The molecule has 3 rings (SSSR count). The third-order valence-corrected chi connectivity index (χ3v) is 4.83. The monoisotopic (exact) mass is 278 g/mol. The Morgan fingerprint density at radius 2 is 2.22 bits per heavy atom. The molecule has 0 radical (unpaired) electrons. The summed E-state index contributed by atoms with van der Waals surface area (Å²) in [6.45, 7) is 0. The lowest BCUT2D eigenvalue weighted by Gasteiger charge is -2.23. The van der Waals surface area contributed by atoms with Crippen LogP contribution in [-0.4, -0.2) is 21.1 Å². The fourth-order valence-electron chi connectivity index (χ4n) is 2.44. The average molecular weight is 278 g/mol. The van der Waals surface area contributed by atoms with Gasteiger partial charge >= 0.3 is 0 Å². The van der Waals surface area contributed by atoms with Crippen LogP contribution in [0.4, 0.5) is 0 Å². The van der Waals surface area contributed by atoms with Crippen molar-refractivity contribution in [3.05, 3.63) is 39.4 Å². The van der Waals surface area contributed by atoms with Gasteiger partial charge in [-0.2, -0.15) is 11.8 Å². The van der Waals surface area contributed by atoms with E-state index in [1.807, 2.05) is 36.0 Å². The molecule has 2 heterocycles. The summed E-state index contributed by atoms with van der Waals surface area (Å²) >= 11 is 7.25. The van der Waals surface area contributed by atoms with Gasteiger partial charge in [0.05, 0.1) is 10.9 Å². The molecular formula is C13H14N2OS2. The molecule has 0 spiro atoms. The first kappa shape index (κ1) is 12.0. The average Bonchev–Trinajstić information content (AvgIpc) is 2.40. The number of hydrogen-bond acceptors (Lipinski definition) is 3. The van der Waals surface area contributed by atoms with Crippen molar-refractivity contribution in [2.24, 2.45) is 0 Å². The molecular weight excluding hydrogens is 264 g/mol. The van der Waals surface area contributed by atoms with Crippen LogP contribution in [0.1, 0.15) is 18.9 Å². The lowest BCUT2D eigenvalue weighted by molar-refractivity contribution is 0.477. The third kappa shape index (κ3) is 2.01. The second-order valence-corrected chi connectivity index (χ2v) is 6.06. The Hall–Kier alpha value is -1.07. The normalized spacial score (nSPS) is 20.1. The molecule has 1 N–H and O–H groups in total. The molecule has 0 aliphatic carbocycles. The van der Waals surface area contributed by atoms with Crippen LogP contribution < -0.4 is 5.56 Å². The molecule has 1 fully saturated rings. The lowest BCUT2D eigenvalue weighted by Crippen LogP contribution is -2.29. The zero-order valence-corrected chi connectivity index (χ0v) is 11.5. The van der Waals surface area contributed by atoms with Gasteiger partial charge in [-0.3, -0.25) is 9.36 Å². The van der Waals surface area contributed by atoms with Gasteiger partial charge in [0.1, 0.15) is 0 Å². The molecule has 0 amide bonds. The van der Waals surface area contributed by atoms with E-state index in [4.69, 9.17) is 12.2 Å². The Balaban J connectivity index is 2.22. The highest BCUT2D eigenvalue weighted by molar-refractivity contribution is 7.99. The maximum atomic E-state index is 12.5. The minimum atomic E-state index is 0.0434. The summed E-state index contributed by atoms with van der Waals surface area (Å²) in [5.74, 6) is 2.17. The zero-order valence-electron chi connectivity index (χ0n) is 9.89. The van der Waals surface area contributed by atoms with Crippen molar-refractivity contribution >= 4 is 34.9 Å². The number of aromatic nitrogens is 2. The van der Waals surface area contributed by atoms with Crippen LogP contribution in [-0.2, 0) is 0 Å². The summed E-state index contributed by atoms with van der Waals surface area (Å²) in [5, 5.41) is 0.724. The summed E-state index contributed by atoms with van der Waals surface area (Å²) in [7, 11) is 0. The molecule has 1 unspecified atom stereocenters. The maximum absolute atomic E-state index is 12.5. The lowest BCUT2D eigenvalue weighted by atomic mass is 10.1. The molecule has 2 aromatic rings. The first-order valence-corrected chi connectivity index (χ1v) is 7.65. The van der Waals surface area contributed by atoms with Gasteiger partial charge in [0, 0.05) is 11.8 Å². The highest BCUT2D eigenvalue weighted by Crippen LogP contribution is 2.26. The number of rotatable bonds is 1. The van der Waals surface area contributed by atoms with Crippen LogP contribution in [0.5, 0.6) is 0 Å². The largest absolute Gasteiger partial charge is 0.332 e. The van der Waals surface area contributed by atoms with Crippen molar-refractivity contribution in [1.29, 1.82) is 0 Å². The molecule has 1 aromatic heterocycles. The Bertz CT molecular complexity index is 683. The number of thioether (sulfide) groups is 1. The predicted molar refractivity (Wildman–Crippen MR) is 79.0 cm³/mol. The molecule has 1 aromatic carbocycles. The number of H-pyrrole nitrogens is 1. The van der Waals surface area contributed by atoms with Crippen LogP contribution in [0.2, 0.25) is 0 Å². The van der Waals surface area contributed by atoms with E-state index in [2.05, 4.69) is 4.98 Å². The fraction of sp³-hybridized carbons (Fsp3) is 0.385. The highest BCUT2D eigenvalue weighted by atomic mass is 32.2. The van der Waals surface area contributed by atoms with Crippen molar-refractivity contribution in [3.8, 4) is 0 Å². The molecule has 1 atom stereocenters. The van der Waals surface area contributed by atoms with Crippen molar-refractivity contribution in [2.75, 3.05) is 11.5 Å². The molecule has 0 bridgehead atoms. The van der Waals surface area contributed by atoms with E-state index in [0.29, 0.717) is 4.77 Å². The second-order valence-electron chi connectivity index (χ2n) is 4.52. The van der Waals surface area contributed by atoms with E-state index in [-0.39, 0.29) is 11.6 Å². The molecule has 5 heteroatoms. The number of nitrogens with one attached hydrogen (secondary N) is 1. The van der Waals surface area contributed by atoms with E-state index in [1.165, 1.54) is 5.75 Å². The number of para-hydroxylation sites is 1.